The van der Waals surface area contributed by atoms with Gasteiger partial charge in [0.1, 0.15) is 0 Å². The van der Waals surface area contributed by atoms with Gasteiger partial charge in [-0.05, 0) is 49.7 Å². The Morgan fingerprint density at radius 1 is 1.19 bits per heavy atom. The van der Waals surface area contributed by atoms with E-state index in [-0.39, 0.29) is 4.90 Å². The normalized spacial score (nSPS) is 11.9. The lowest BCUT2D eigenvalue weighted by atomic mass is 10.2. The summed E-state index contributed by atoms with van der Waals surface area (Å²) >= 11 is 1.71. The fourth-order valence-corrected chi connectivity index (χ4v) is 3.59. The summed E-state index contributed by atoms with van der Waals surface area (Å²) in [5.74, 6) is -3.40. The molecule has 2 aromatic rings. The first-order valence-electron chi connectivity index (χ1n) is 6.22. The van der Waals surface area contributed by atoms with Crippen molar-refractivity contribution in [1.29, 1.82) is 0 Å². The smallest absolute Gasteiger partial charge is 0.341 e. The minimum Gasteiger partial charge on any atom is -0.381 e. The van der Waals surface area contributed by atoms with E-state index in [0.29, 0.717) is 12.2 Å². The first kappa shape index (κ1) is 15.9. The van der Waals surface area contributed by atoms with Crippen LogP contribution in [0.1, 0.15) is 15.3 Å². The quantitative estimate of drug-likeness (QED) is 0.901. The highest BCUT2D eigenvalue weighted by molar-refractivity contribution is 7.91. The van der Waals surface area contributed by atoms with Crippen molar-refractivity contribution in [1.82, 2.24) is 0 Å². The number of sulfone groups is 1. The average molecular weight is 331 g/mol. The van der Waals surface area contributed by atoms with Gasteiger partial charge in [0.2, 0.25) is 9.84 Å². The van der Waals surface area contributed by atoms with Crippen LogP contribution in [0.2, 0.25) is 0 Å². The zero-order chi connectivity index (χ0) is 15.6. The molecule has 0 aliphatic heterocycles. The molecule has 1 heterocycles. The van der Waals surface area contributed by atoms with Crippen LogP contribution in [0.4, 0.5) is 14.5 Å². The van der Waals surface area contributed by atoms with Crippen LogP contribution in [0, 0.1) is 13.8 Å². The molecule has 21 heavy (non-hydrogen) atoms. The Morgan fingerprint density at radius 3 is 2.29 bits per heavy atom. The number of aryl methyl sites for hydroxylation is 2. The molecular weight excluding hydrogens is 316 g/mol. The van der Waals surface area contributed by atoms with Gasteiger partial charge in [0.25, 0.3) is 0 Å². The van der Waals surface area contributed by atoms with E-state index >= 15 is 0 Å². The largest absolute Gasteiger partial charge is 0.381 e. The molecule has 1 aromatic heterocycles. The van der Waals surface area contributed by atoms with E-state index in [1.165, 1.54) is 39.6 Å². The standard InChI is InChI=1S/C14H15F2NO2S2/c1-9-7-11(10(2)20-9)8-17-12-3-5-13(6-4-12)21(18,19)14(15)16/h3-7,14,17H,8H2,1-2H3. The maximum atomic E-state index is 12.4. The van der Waals surface area contributed by atoms with E-state index < -0.39 is 15.6 Å². The van der Waals surface area contributed by atoms with E-state index in [9.17, 15) is 17.2 Å². The molecule has 2 rings (SSSR count). The van der Waals surface area contributed by atoms with Gasteiger partial charge in [0.05, 0.1) is 4.90 Å². The van der Waals surface area contributed by atoms with Crippen LogP contribution >= 0.6 is 11.3 Å². The molecule has 0 unspecified atom stereocenters. The second kappa shape index (κ2) is 6.11. The summed E-state index contributed by atoms with van der Waals surface area (Å²) in [7, 11) is -4.52. The first-order valence-corrected chi connectivity index (χ1v) is 8.59. The molecule has 0 atom stereocenters. The fraction of sp³-hybridized carbons (Fsp3) is 0.286. The summed E-state index contributed by atoms with van der Waals surface area (Å²) in [4.78, 5) is 2.07. The number of thiophene rings is 1. The highest BCUT2D eigenvalue weighted by Gasteiger charge is 2.26. The summed E-state index contributed by atoms with van der Waals surface area (Å²) in [6.07, 6.45) is 0. The zero-order valence-corrected chi connectivity index (χ0v) is 13.2. The summed E-state index contributed by atoms with van der Waals surface area (Å²) < 4.78 is 47.4. The van der Waals surface area contributed by atoms with Gasteiger partial charge in [-0.15, -0.1) is 11.3 Å². The van der Waals surface area contributed by atoms with Crippen molar-refractivity contribution in [2.75, 3.05) is 5.32 Å². The molecule has 0 aliphatic carbocycles. The zero-order valence-electron chi connectivity index (χ0n) is 11.6. The van der Waals surface area contributed by atoms with Gasteiger partial charge in [0.15, 0.2) is 0 Å². The van der Waals surface area contributed by atoms with Gasteiger partial charge in [-0.2, -0.15) is 8.78 Å². The maximum absolute atomic E-state index is 12.4. The van der Waals surface area contributed by atoms with E-state index in [1.54, 1.807) is 11.3 Å². The number of nitrogens with one attached hydrogen (secondary N) is 1. The van der Waals surface area contributed by atoms with Crippen molar-refractivity contribution in [2.24, 2.45) is 0 Å². The summed E-state index contributed by atoms with van der Waals surface area (Å²) in [6, 6.07) is 7.45. The van der Waals surface area contributed by atoms with E-state index in [0.717, 1.165) is 0 Å². The van der Waals surface area contributed by atoms with E-state index in [4.69, 9.17) is 0 Å². The number of alkyl halides is 2. The number of anilines is 1. The number of halogens is 2. The van der Waals surface area contributed by atoms with Gasteiger partial charge in [-0.3, -0.25) is 0 Å². The highest BCUT2D eigenvalue weighted by Crippen LogP contribution is 2.23. The molecule has 0 saturated carbocycles. The number of rotatable bonds is 5. The Bertz CT molecular complexity index is 722. The van der Waals surface area contributed by atoms with Crippen LogP contribution in [-0.4, -0.2) is 14.2 Å². The Balaban J connectivity index is 2.08. The van der Waals surface area contributed by atoms with Crippen molar-refractivity contribution in [3.8, 4) is 0 Å². The first-order chi connectivity index (χ1) is 9.80. The molecule has 0 aliphatic rings. The second-order valence-electron chi connectivity index (χ2n) is 4.62. The molecule has 3 nitrogen and oxygen atoms in total. The number of hydrogen-bond acceptors (Lipinski definition) is 4. The van der Waals surface area contributed by atoms with E-state index in [1.807, 2.05) is 13.8 Å². The van der Waals surface area contributed by atoms with Crippen molar-refractivity contribution in [3.05, 3.63) is 45.6 Å². The predicted molar refractivity (Wildman–Crippen MR) is 80.8 cm³/mol. The topological polar surface area (TPSA) is 46.2 Å². The lowest BCUT2D eigenvalue weighted by Crippen LogP contribution is -2.11. The van der Waals surface area contributed by atoms with Crippen LogP contribution in [0.3, 0.4) is 0 Å². The van der Waals surface area contributed by atoms with Gasteiger partial charge >= 0.3 is 5.76 Å². The number of hydrogen-bond donors (Lipinski definition) is 1. The minimum absolute atomic E-state index is 0.370. The molecule has 0 fully saturated rings. The molecule has 114 valence electrons. The third kappa shape index (κ3) is 3.59. The number of benzene rings is 1. The molecule has 0 spiro atoms. The summed E-state index contributed by atoms with van der Waals surface area (Å²) in [6.45, 7) is 4.68. The van der Waals surface area contributed by atoms with Crippen LogP contribution in [-0.2, 0) is 16.4 Å². The van der Waals surface area contributed by atoms with E-state index in [2.05, 4.69) is 11.4 Å². The van der Waals surface area contributed by atoms with Crippen molar-refractivity contribution in [3.63, 3.8) is 0 Å². The lowest BCUT2D eigenvalue weighted by Gasteiger charge is -2.08. The van der Waals surface area contributed by atoms with Gasteiger partial charge in [-0.1, -0.05) is 0 Å². The Hall–Kier alpha value is -1.47. The summed E-state index contributed by atoms with van der Waals surface area (Å²) in [5, 5.41) is 3.15. The monoisotopic (exact) mass is 331 g/mol. The molecule has 1 aromatic carbocycles. The molecule has 0 radical (unpaired) electrons. The molecular formula is C14H15F2NO2S2. The van der Waals surface area contributed by atoms with Crippen molar-refractivity contribution in [2.45, 2.75) is 31.0 Å². The van der Waals surface area contributed by atoms with Gasteiger partial charge in [-0.25, -0.2) is 8.42 Å². The Labute approximate surface area is 126 Å². The average Bonchev–Trinajstić information content (AvgIpc) is 2.75. The van der Waals surface area contributed by atoms with Crippen molar-refractivity contribution >= 4 is 26.9 Å². The molecule has 0 amide bonds. The summed E-state index contributed by atoms with van der Waals surface area (Å²) in [5.41, 5.74) is 1.85. The van der Waals surface area contributed by atoms with Crippen LogP contribution in [0.5, 0.6) is 0 Å². The van der Waals surface area contributed by atoms with Crippen LogP contribution in [0.25, 0.3) is 0 Å². The molecule has 0 bridgehead atoms. The maximum Gasteiger partial charge on any atom is 0.341 e. The SMILES string of the molecule is Cc1cc(CNc2ccc(S(=O)(=O)C(F)F)cc2)c(C)s1. The van der Waals surface area contributed by atoms with Gasteiger partial charge < -0.3 is 5.32 Å². The molecule has 0 saturated heterocycles. The highest BCUT2D eigenvalue weighted by atomic mass is 32.2. The molecule has 7 heteroatoms. The molecule has 1 N–H and O–H groups in total. The van der Waals surface area contributed by atoms with Gasteiger partial charge in [0, 0.05) is 22.0 Å². The minimum atomic E-state index is -4.52. The van der Waals surface area contributed by atoms with Crippen molar-refractivity contribution < 1.29 is 17.2 Å². The van der Waals surface area contributed by atoms with Crippen LogP contribution in [0.15, 0.2) is 35.2 Å². The Morgan fingerprint density at radius 2 is 1.81 bits per heavy atom. The fourth-order valence-electron chi connectivity index (χ4n) is 1.92. The second-order valence-corrected chi connectivity index (χ2v) is 8.00. The third-order valence-corrected chi connectivity index (χ3v) is 5.45. The Kier molecular flexibility index (Phi) is 4.63. The third-order valence-electron chi connectivity index (χ3n) is 3.04. The lowest BCUT2D eigenvalue weighted by molar-refractivity contribution is 0.234. The van der Waals surface area contributed by atoms with Crippen LogP contribution < -0.4 is 5.32 Å². The predicted octanol–water partition coefficient (Wildman–Crippen LogP) is 3.97.